The van der Waals surface area contributed by atoms with Gasteiger partial charge in [0.25, 0.3) is 0 Å². The molecule has 1 aliphatic rings. The third-order valence-corrected chi connectivity index (χ3v) is 6.50. The third kappa shape index (κ3) is 6.29. The van der Waals surface area contributed by atoms with Gasteiger partial charge < -0.3 is 14.4 Å². The number of aldehydes is 1. The Kier molecular flexibility index (Phi) is 8.60. The van der Waals surface area contributed by atoms with Gasteiger partial charge in [-0.2, -0.15) is 13.2 Å². The van der Waals surface area contributed by atoms with Crippen molar-refractivity contribution >= 4 is 23.9 Å². The van der Waals surface area contributed by atoms with Crippen molar-refractivity contribution in [3.63, 3.8) is 0 Å². The number of benzene rings is 2. The van der Waals surface area contributed by atoms with Crippen LogP contribution < -0.4 is 9.64 Å². The van der Waals surface area contributed by atoms with E-state index in [2.05, 4.69) is 6.92 Å². The van der Waals surface area contributed by atoms with E-state index in [4.69, 9.17) is 9.47 Å². The number of ether oxygens (including phenoxy) is 2. The first-order valence-electron chi connectivity index (χ1n) is 12.0. The smallest absolute Gasteiger partial charge is 0.420 e. The summed E-state index contributed by atoms with van der Waals surface area (Å²) in [7, 11) is 1.10. The molecule has 3 rings (SSSR count). The van der Waals surface area contributed by atoms with Gasteiger partial charge in [-0.15, -0.1) is 0 Å². The molecule has 0 aromatic heterocycles. The molecule has 37 heavy (non-hydrogen) atoms. The molecular formula is C27H29F4NO5. The van der Waals surface area contributed by atoms with Gasteiger partial charge in [-0.3, -0.25) is 9.59 Å². The number of methoxy groups -OCH3 is 1. The molecular weight excluding hydrogens is 494 g/mol. The monoisotopic (exact) mass is 523 g/mol. The van der Waals surface area contributed by atoms with Crippen LogP contribution in [0.5, 0.6) is 11.5 Å². The molecule has 10 heteroatoms. The molecule has 0 atom stereocenters. The maximum absolute atomic E-state index is 15.3. The maximum atomic E-state index is 15.3. The minimum absolute atomic E-state index is 0.0531. The topological polar surface area (TPSA) is 72.9 Å². The Hall–Kier alpha value is -3.43. The number of amides is 1. The fraction of sp³-hybridized carbons (Fsp3) is 0.444. The van der Waals surface area contributed by atoms with Crippen LogP contribution >= 0.6 is 0 Å². The molecule has 0 N–H and O–H groups in total. The van der Waals surface area contributed by atoms with Gasteiger partial charge in [0.2, 0.25) is 5.91 Å². The summed E-state index contributed by atoms with van der Waals surface area (Å²) in [5.41, 5.74) is -1.81. The summed E-state index contributed by atoms with van der Waals surface area (Å²) in [6.45, 7) is 5.55. The van der Waals surface area contributed by atoms with Crippen LogP contribution in [0, 0.1) is 17.7 Å². The molecule has 0 unspecified atom stereocenters. The Morgan fingerprint density at radius 3 is 2.24 bits per heavy atom. The first-order chi connectivity index (χ1) is 17.4. The van der Waals surface area contributed by atoms with Crippen LogP contribution in [0.4, 0.5) is 23.2 Å². The average molecular weight is 524 g/mol. The lowest BCUT2D eigenvalue weighted by atomic mass is 9.82. The van der Waals surface area contributed by atoms with Gasteiger partial charge in [0.1, 0.15) is 12.0 Å². The lowest BCUT2D eigenvalue weighted by Crippen LogP contribution is -2.43. The molecule has 0 heterocycles. The van der Waals surface area contributed by atoms with Gasteiger partial charge in [-0.05, 0) is 63.6 Å². The predicted molar refractivity (Wildman–Crippen MR) is 128 cm³/mol. The summed E-state index contributed by atoms with van der Waals surface area (Å²) < 4.78 is 66.1. The summed E-state index contributed by atoms with van der Waals surface area (Å²) >= 11 is 0. The van der Waals surface area contributed by atoms with Crippen LogP contribution in [-0.2, 0) is 15.7 Å². The van der Waals surface area contributed by atoms with Gasteiger partial charge >= 0.3 is 12.1 Å². The number of nitrogens with zero attached hydrogens (tertiary/aromatic N) is 1. The SMILES string of the molecule is COC(=O)c1cc(Oc2ccc(C=O)cc2C(F)(F)F)c(F)cc1N(C(=O)[C@H]1CC[C@H](C)CC1)C(C)C. The van der Waals surface area contributed by atoms with Crippen LogP contribution in [0.15, 0.2) is 30.3 Å². The van der Waals surface area contributed by atoms with Gasteiger partial charge in [-0.25, -0.2) is 9.18 Å². The lowest BCUT2D eigenvalue weighted by Gasteiger charge is -2.34. The lowest BCUT2D eigenvalue weighted by molar-refractivity contribution is -0.138. The van der Waals surface area contributed by atoms with E-state index in [1.165, 1.54) is 4.90 Å². The number of rotatable bonds is 7. The van der Waals surface area contributed by atoms with Crippen molar-refractivity contribution in [2.75, 3.05) is 12.0 Å². The summed E-state index contributed by atoms with van der Waals surface area (Å²) in [6, 6.07) is 3.95. The van der Waals surface area contributed by atoms with Gasteiger partial charge in [0.15, 0.2) is 11.6 Å². The Morgan fingerprint density at radius 2 is 1.70 bits per heavy atom. The van der Waals surface area contributed by atoms with Gasteiger partial charge in [0, 0.05) is 29.7 Å². The zero-order chi connectivity index (χ0) is 27.5. The van der Waals surface area contributed by atoms with Crippen LogP contribution in [0.2, 0.25) is 0 Å². The number of halogens is 4. The number of esters is 1. The van der Waals surface area contributed by atoms with Crippen LogP contribution in [0.25, 0.3) is 0 Å². The molecule has 0 bridgehead atoms. The quantitative estimate of drug-likeness (QED) is 0.227. The molecule has 0 saturated heterocycles. The summed E-state index contributed by atoms with van der Waals surface area (Å²) in [4.78, 5) is 38.4. The highest BCUT2D eigenvalue weighted by atomic mass is 19.4. The van der Waals surface area contributed by atoms with Crippen LogP contribution in [-0.4, -0.2) is 31.3 Å². The molecule has 0 radical (unpaired) electrons. The van der Waals surface area contributed by atoms with Crippen molar-refractivity contribution in [3.8, 4) is 11.5 Å². The van der Waals surface area contributed by atoms with Crippen molar-refractivity contribution in [3.05, 3.63) is 52.8 Å². The highest BCUT2D eigenvalue weighted by molar-refractivity contribution is 6.04. The van der Waals surface area contributed by atoms with Crippen molar-refractivity contribution in [2.24, 2.45) is 11.8 Å². The highest BCUT2D eigenvalue weighted by Crippen LogP contribution is 2.41. The minimum Gasteiger partial charge on any atom is -0.465 e. The van der Waals surface area contributed by atoms with E-state index in [9.17, 15) is 27.6 Å². The Morgan fingerprint density at radius 1 is 1.05 bits per heavy atom. The normalized spacial score (nSPS) is 17.9. The van der Waals surface area contributed by atoms with Gasteiger partial charge in [0.05, 0.1) is 23.9 Å². The van der Waals surface area contributed by atoms with Gasteiger partial charge in [-0.1, -0.05) is 6.92 Å². The number of alkyl halides is 3. The van der Waals surface area contributed by atoms with E-state index in [1.807, 2.05) is 0 Å². The summed E-state index contributed by atoms with van der Waals surface area (Å²) in [6.07, 6.45) is -1.58. The minimum atomic E-state index is -4.89. The fourth-order valence-corrected chi connectivity index (χ4v) is 4.50. The number of carbonyl (C=O) groups excluding carboxylic acids is 3. The molecule has 1 saturated carbocycles. The van der Waals surface area contributed by atoms with E-state index in [1.54, 1.807) is 13.8 Å². The molecule has 0 aliphatic heterocycles. The second kappa shape index (κ2) is 11.3. The molecule has 1 fully saturated rings. The first kappa shape index (κ1) is 28.1. The standard InChI is InChI=1S/C27H29F4NO5/c1-15(2)32(25(34)18-8-5-16(3)6-9-18)22-13-21(28)24(12-19(22)26(35)36-4)37-23-10-7-17(14-33)11-20(23)27(29,30)31/h7,10-16,18H,5-6,8-9H2,1-4H3/t16-,18-. The van der Waals surface area contributed by atoms with E-state index in [0.29, 0.717) is 24.8 Å². The molecule has 1 amide bonds. The number of hydrogen-bond acceptors (Lipinski definition) is 5. The zero-order valence-corrected chi connectivity index (χ0v) is 21.0. The number of anilines is 1. The number of hydrogen-bond donors (Lipinski definition) is 0. The van der Waals surface area contributed by atoms with E-state index in [-0.39, 0.29) is 34.9 Å². The Labute approximate surface area is 212 Å². The molecule has 0 spiro atoms. The van der Waals surface area contributed by atoms with Crippen molar-refractivity contribution in [2.45, 2.75) is 58.7 Å². The van der Waals surface area contributed by atoms with Crippen molar-refractivity contribution in [1.82, 2.24) is 0 Å². The molecule has 2 aromatic rings. The van der Waals surface area contributed by atoms with Crippen molar-refractivity contribution in [1.29, 1.82) is 0 Å². The largest absolute Gasteiger partial charge is 0.465 e. The number of carbonyl (C=O) groups is 3. The average Bonchev–Trinajstić information content (AvgIpc) is 2.84. The summed E-state index contributed by atoms with van der Waals surface area (Å²) in [5.74, 6) is -3.48. The second-order valence-corrected chi connectivity index (χ2v) is 9.52. The Bertz CT molecular complexity index is 1170. The maximum Gasteiger partial charge on any atom is 0.420 e. The highest BCUT2D eigenvalue weighted by Gasteiger charge is 2.36. The van der Waals surface area contributed by atoms with Crippen LogP contribution in [0.3, 0.4) is 0 Å². The Balaban J connectivity index is 2.08. The zero-order valence-electron chi connectivity index (χ0n) is 21.0. The fourth-order valence-electron chi connectivity index (χ4n) is 4.50. The molecule has 200 valence electrons. The third-order valence-electron chi connectivity index (χ3n) is 6.50. The molecule has 2 aromatic carbocycles. The van der Waals surface area contributed by atoms with E-state index in [0.717, 1.165) is 44.2 Å². The first-order valence-corrected chi connectivity index (χ1v) is 12.0. The predicted octanol–water partition coefficient (Wildman–Crippen LogP) is 6.80. The van der Waals surface area contributed by atoms with E-state index >= 15 is 4.39 Å². The molecule has 6 nitrogen and oxygen atoms in total. The van der Waals surface area contributed by atoms with E-state index < -0.39 is 41.1 Å². The summed E-state index contributed by atoms with van der Waals surface area (Å²) in [5, 5.41) is 0. The van der Waals surface area contributed by atoms with Crippen LogP contribution in [0.1, 0.15) is 72.7 Å². The second-order valence-electron chi connectivity index (χ2n) is 9.52. The molecule has 1 aliphatic carbocycles. The van der Waals surface area contributed by atoms with Crippen molar-refractivity contribution < 1.29 is 41.4 Å².